The third-order valence-electron chi connectivity index (χ3n) is 2.73. The van der Waals surface area contributed by atoms with Gasteiger partial charge in [-0.3, -0.25) is 4.79 Å². The maximum atomic E-state index is 12.8. The summed E-state index contributed by atoms with van der Waals surface area (Å²) in [5, 5.41) is 2.52. The van der Waals surface area contributed by atoms with Crippen molar-refractivity contribution in [2.24, 2.45) is 11.7 Å². The Labute approximate surface area is 97.7 Å². The Morgan fingerprint density at radius 2 is 1.94 bits per heavy atom. The van der Waals surface area contributed by atoms with Crippen LogP contribution in [0, 0.1) is 5.92 Å². The number of carbonyl (C=O) groups is 2. The smallest absolute Gasteiger partial charge is 0.404 e. The van der Waals surface area contributed by atoms with Gasteiger partial charge in [-0.25, -0.2) is 13.6 Å². The van der Waals surface area contributed by atoms with Crippen molar-refractivity contribution in [3.8, 4) is 0 Å². The van der Waals surface area contributed by atoms with E-state index < -0.39 is 12.0 Å². The highest BCUT2D eigenvalue weighted by Crippen LogP contribution is 2.36. The fourth-order valence-corrected chi connectivity index (χ4v) is 1.77. The molecule has 0 aliphatic heterocycles. The van der Waals surface area contributed by atoms with Gasteiger partial charge in [-0.15, -0.1) is 0 Å². The van der Waals surface area contributed by atoms with Gasteiger partial charge in [0.1, 0.15) is 6.61 Å². The zero-order valence-electron chi connectivity index (χ0n) is 9.38. The van der Waals surface area contributed by atoms with Crippen LogP contribution in [0.1, 0.15) is 25.7 Å². The first-order valence-electron chi connectivity index (χ1n) is 5.48. The summed E-state index contributed by atoms with van der Waals surface area (Å²) in [5.41, 5.74) is 4.72. The Bertz CT molecular complexity index is 287. The van der Waals surface area contributed by atoms with Crippen molar-refractivity contribution in [1.82, 2.24) is 5.32 Å². The number of alkyl halides is 2. The lowest BCUT2D eigenvalue weighted by Gasteiger charge is -2.27. The predicted molar refractivity (Wildman–Crippen MR) is 55.5 cm³/mol. The summed E-state index contributed by atoms with van der Waals surface area (Å²) in [5.74, 6) is -3.27. The van der Waals surface area contributed by atoms with Gasteiger partial charge in [0.15, 0.2) is 0 Å². The molecular formula is C10H16F2N2O3. The molecule has 5 nitrogen and oxygen atoms in total. The molecule has 0 bridgehead atoms. The second-order valence-corrected chi connectivity index (χ2v) is 4.09. The van der Waals surface area contributed by atoms with Gasteiger partial charge in [-0.05, 0) is 12.8 Å². The zero-order valence-corrected chi connectivity index (χ0v) is 9.38. The minimum absolute atomic E-state index is 0.00997. The third kappa shape index (κ3) is 4.97. The number of nitrogens with one attached hydrogen (secondary N) is 1. The van der Waals surface area contributed by atoms with Gasteiger partial charge in [-0.1, -0.05) is 0 Å². The van der Waals surface area contributed by atoms with E-state index in [-0.39, 0.29) is 50.7 Å². The fourth-order valence-electron chi connectivity index (χ4n) is 1.77. The summed E-state index contributed by atoms with van der Waals surface area (Å²) in [4.78, 5) is 21.7. The van der Waals surface area contributed by atoms with Crippen molar-refractivity contribution >= 4 is 12.0 Å². The highest BCUT2D eigenvalue weighted by molar-refractivity contribution is 5.78. The van der Waals surface area contributed by atoms with E-state index in [1.165, 1.54) is 0 Å². The summed E-state index contributed by atoms with van der Waals surface area (Å²) >= 11 is 0. The van der Waals surface area contributed by atoms with E-state index in [2.05, 4.69) is 10.1 Å². The summed E-state index contributed by atoms with van der Waals surface area (Å²) in [6.07, 6.45) is -1.02. The Hall–Kier alpha value is -1.40. The zero-order chi connectivity index (χ0) is 12.9. The van der Waals surface area contributed by atoms with E-state index in [1.54, 1.807) is 0 Å². The highest BCUT2D eigenvalue weighted by atomic mass is 19.3. The van der Waals surface area contributed by atoms with Crippen molar-refractivity contribution in [3.05, 3.63) is 0 Å². The van der Waals surface area contributed by atoms with E-state index in [9.17, 15) is 18.4 Å². The number of primary amides is 1. The summed E-state index contributed by atoms with van der Waals surface area (Å²) in [7, 11) is 0. The maximum absolute atomic E-state index is 12.8. The molecule has 17 heavy (non-hydrogen) atoms. The molecule has 0 unspecified atom stereocenters. The van der Waals surface area contributed by atoms with Gasteiger partial charge >= 0.3 is 6.09 Å². The first kappa shape index (κ1) is 13.7. The molecule has 1 rings (SSSR count). The lowest BCUT2D eigenvalue weighted by atomic mass is 9.86. The van der Waals surface area contributed by atoms with Gasteiger partial charge in [0.05, 0.1) is 6.54 Å². The van der Waals surface area contributed by atoms with Crippen LogP contribution >= 0.6 is 0 Å². The first-order chi connectivity index (χ1) is 7.91. The second-order valence-electron chi connectivity index (χ2n) is 4.09. The molecule has 0 saturated heterocycles. The molecule has 0 aromatic rings. The van der Waals surface area contributed by atoms with Crippen molar-refractivity contribution in [2.45, 2.75) is 31.6 Å². The Kier molecular flexibility index (Phi) is 4.65. The number of carbonyl (C=O) groups excluding carboxylic acids is 2. The molecule has 1 fully saturated rings. The minimum Gasteiger partial charge on any atom is -0.448 e. The molecule has 0 radical (unpaired) electrons. The SMILES string of the molecule is NC(=O)OCCNC(=O)C1CCC(F)(F)CC1. The molecule has 1 saturated carbocycles. The molecule has 0 spiro atoms. The number of rotatable bonds is 4. The lowest BCUT2D eigenvalue weighted by Crippen LogP contribution is -2.37. The van der Waals surface area contributed by atoms with Crippen LogP contribution in [0.2, 0.25) is 0 Å². The quantitative estimate of drug-likeness (QED) is 0.731. The molecule has 0 atom stereocenters. The van der Waals surface area contributed by atoms with Crippen LogP contribution in [-0.4, -0.2) is 31.1 Å². The first-order valence-corrected chi connectivity index (χ1v) is 5.48. The van der Waals surface area contributed by atoms with Crippen LogP contribution in [0.5, 0.6) is 0 Å². The highest BCUT2D eigenvalue weighted by Gasteiger charge is 2.37. The molecular weight excluding hydrogens is 234 g/mol. The van der Waals surface area contributed by atoms with Gasteiger partial charge in [0, 0.05) is 18.8 Å². The number of ether oxygens (including phenoxy) is 1. The number of amides is 2. The summed E-state index contributed by atoms with van der Waals surface area (Å²) in [6, 6.07) is 0. The number of nitrogens with two attached hydrogens (primary N) is 1. The van der Waals surface area contributed by atoms with Crippen LogP contribution < -0.4 is 11.1 Å². The molecule has 0 aromatic heterocycles. The monoisotopic (exact) mass is 250 g/mol. The van der Waals surface area contributed by atoms with Gasteiger partial charge in [-0.2, -0.15) is 0 Å². The van der Waals surface area contributed by atoms with E-state index in [0.29, 0.717) is 0 Å². The normalized spacial score (nSPS) is 19.6. The Morgan fingerprint density at radius 1 is 1.35 bits per heavy atom. The molecule has 3 N–H and O–H groups in total. The number of hydrogen-bond donors (Lipinski definition) is 2. The van der Waals surface area contributed by atoms with E-state index >= 15 is 0 Å². The topological polar surface area (TPSA) is 81.4 Å². The molecule has 98 valence electrons. The maximum Gasteiger partial charge on any atom is 0.404 e. The molecule has 0 heterocycles. The van der Waals surface area contributed by atoms with Crippen molar-refractivity contribution in [3.63, 3.8) is 0 Å². The standard InChI is InChI=1S/C10H16F2N2O3/c11-10(12)3-1-7(2-4-10)8(15)14-5-6-17-9(13)16/h7H,1-6H2,(H2,13,16)(H,14,15). The van der Waals surface area contributed by atoms with E-state index in [0.717, 1.165) is 0 Å². The average Bonchev–Trinajstić information content (AvgIpc) is 2.23. The minimum atomic E-state index is -2.63. The van der Waals surface area contributed by atoms with Crippen LogP contribution in [0.4, 0.5) is 13.6 Å². The van der Waals surface area contributed by atoms with Gasteiger partial charge in [0.25, 0.3) is 0 Å². The molecule has 1 aliphatic carbocycles. The summed E-state index contributed by atoms with van der Waals surface area (Å²) in [6.45, 7) is 0.138. The molecule has 7 heteroatoms. The number of halogens is 2. The Morgan fingerprint density at radius 3 is 2.47 bits per heavy atom. The van der Waals surface area contributed by atoms with Gasteiger partial charge in [0.2, 0.25) is 11.8 Å². The fraction of sp³-hybridized carbons (Fsp3) is 0.800. The average molecular weight is 250 g/mol. The van der Waals surface area contributed by atoms with E-state index in [4.69, 9.17) is 5.73 Å². The predicted octanol–water partition coefficient (Wildman–Crippen LogP) is 1.02. The van der Waals surface area contributed by atoms with Crippen LogP contribution in [-0.2, 0) is 9.53 Å². The van der Waals surface area contributed by atoms with Crippen molar-refractivity contribution in [1.29, 1.82) is 0 Å². The lowest BCUT2D eigenvalue weighted by molar-refractivity contribution is -0.129. The molecule has 2 amide bonds. The third-order valence-corrected chi connectivity index (χ3v) is 2.73. The molecule has 0 aromatic carbocycles. The van der Waals surface area contributed by atoms with Crippen LogP contribution in [0.3, 0.4) is 0 Å². The van der Waals surface area contributed by atoms with Crippen LogP contribution in [0.25, 0.3) is 0 Å². The second kappa shape index (κ2) is 5.79. The largest absolute Gasteiger partial charge is 0.448 e. The summed E-state index contributed by atoms with van der Waals surface area (Å²) < 4.78 is 30.1. The number of hydrogen-bond acceptors (Lipinski definition) is 3. The van der Waals surface area contributed by atoms with Crippen molar-refractivity contribution < 1.29 is 23.1 Å². The van der Waals surface area contributed by atoms with Gasteiger partial charge < -0.3 is 15.8 Å². The van der Waals surface area contributed by atoms with Crippen molar-refractivity contribution in [2.75, 3.05) is 13.2 Å². The van der Waals surface area contributed by atoms with E-state index in [1.807, 2.05) is 0 Å². The Balaban J connectivity index is 2.18. The molecule has 1 aliphatic rings. The van der Waals surface area contributed by atoms with Crippen LogP contribution in [0.15, 0.2) is 0 Å².